The van der Waals surface area contributed by atoms with Crippen LogP contribution in [0.2, 0.25) is 5.02 Å². The number of halogens is 2. The fourth-order valence-electron chi connectivity index (χ4n) is 1.90. The number of methoxy groups -OCH3 is 1. The molecule has 0 saturated heterocycles. The minimum atomic E-state index is -0.517. The van der Waals surface area contributed by atoms with Gasteiger partial charge in [0.1, 0.15) is 5.75 Å². The number of carbonyl (C=O) groups excluding carboxylic acids is 1. The molecule has 0 aliphatic carbocycles. The summed E-state index contributed by atoms with van der Waals surface area (Å²) in [6.45, 7) is 4.22. The molecule has 0 spiro atoms. The maximum Gasteiger partial charge on any atom is 0.356 e. The van der Waals surface area contributed by atoms with Gasteiger partial charge in [0.15, 0.2) is 5.69 Å². The molecule has 0 amide bonds. The highest BCUT2D eigenvalue weighted by Crippen LogP contribution is 2.38. The Morgan fingerprint density at radius 1 is 1.45 bits per heavy atom. The van der Waals surface area contributed by atoms with E-state index >= 15 is 0 Å². The zero-order valence-electron chi connectivity index (χ0n) is 11.3. The largest absolute Gasteiger partial charge is 0.493 e. The van der Waals surface area contributed by atoms with Crippen LogP contribution in [-0.2, 0) is 4.74 Å². The van der Waals surface area contributed by atoms with Gasteiger partial charge >= 0.3 is 5.97 Å². The monoisotopic (exact) mass is 357 g/mol. The average molecular weight is 359 g/mol. The molecule has 0 bridgehead atoms. The van der Waals surface area contributed by atoms with E-state index in [2.05, 4.69) is 20.9 Å². The quantitative estimate of drug-likeness (QED) is 0.774. The van der Waals surface area contributed by atoms with Crippen molar-refractivity contribution in [3.63, 3.8) is 0 Å². The van der Waals surface area contributed by atoms with E-state index in [9.17, 15) is 4.79 Å². The number of hydrogen-bond donors (Lipinski definition) is 0. The molecule has 0 atom stereocenters. The Labute approximate surface area is 130 Å². The molecule has 2 aromatic rings. The Bertz CT molecular complexity index is 688. The Morgan fingerprint density at radius 2 is 2.15 bits per heavy atom. The van der Waals surface area contributed by atoms with Crippen LogP contribution < -0.4 is 4.74 Å². The second-order valence-electron chi connectivity index (χ2n) is 4.14. The Morgan fingerprint density at radius 3 is 2.75 bits per heavy atom. The van der Waals surface area contributed by atoms with E-state index < -0.39 is 5.97 Å². The van der Waals surface area contributed by atoms with Crippen LogP contribution in [0.3, 0.4) is 0 Å². The fraction of sp³-hybridized carbons (Fsp3) is 0.286. The Balaban J connectivity index is 2.85. The van der Waals surface area contributed by atoms with Crippen LogP contribution in [0.15, 0.2) is 16.6 Å². The van der Waals surface area contributed by atoms with Gasteiger partial charge in [-0.1, -0.05) is 11.6 Å². The number of benzene rings is 1. The van der Waals surface area contributed by atoms with Crippen LogP contribution in [0, 0.1) is 6.92 Å². The lowest BCUT2D eigenvalue weighted by Gasteiger charge is -2.13. The highest BCUT2D eigenvalue weighted by molar-refractivity contribution is 9.10. The Hall–Kier alpha value is -1.33. The summed E-state index contributed by atoms with van der Waals surface area (Å²) in [5.41, 5.74) is 1.66. The SMILES string of the molecule is CCOc1cc(C(=O)OC)nc2c(Br)cc(C)c(Cl)c12. The van der Waals surface area contributed by atoms with E-state index in [-0.39, 0.29) is 5.69 Å². The maximum absolute atomic E-state index is 11.7. The fourth-order valence-corrected chi connectivity index (χ4v) is 2.77. The van der Waals surface area contributed by atoms with Crippen molar-refractivity contribution in [3.05, 3.63) is 32.9 Å². The molecule has 0 aliphatic rings. The van der Waals surface area contributed by atoms with E-state index in [4.69, 9.17) is 21.1 Å². The molecule has 0 aliphatic heterocycles. The molecule has 106 valence electrons. The highest BCUT2D eigenvalue weighted by Gasteiger charge is 2.18. The summed E-state index contributed by atoms with van der Waals surface area (Å²) in [4.78, 5) is 16.0. The number of rotatable bonds is 3. The first-order valence-electron chi connectivity index (χ1n) is 6.00. The molecule has 1 aromatic carbocycles. The number of esters is 1. The van der Waals surface area contributed by atoms with Crippen molar-refractivity contribution in [2.45, 2.75) is 13.8 Å². The van der Waals surface area contributed by atoms with Crippen LogP contribution in [0.25, 0.3) is 10.9 Å². The van der Waals surface area contributed by atoms with E-state index in [1.54, 1.807) is 6.07 Å². The molecule has 0 unspecified atom stereocenters. The summed E-state index contributed by atoms with van der Waals surface area (Å²) in [6, 6.07) is 3.41. The van der Waals surface area contributed by atoms with E-state index in [1.807, 2.05) is 19.9 Å². The smallest absolute Gasteiger partial charge is 0.356 e. The van der Waals surface area contributed by atoms with Crippen molar-refractivity contribution in [2.24, 2.45) is 0 Å². The van der Waals surface area contributed by atoms with E-state index in [1.165, 1.54) is 7.11 Å². The summed E-state index contributed by atoms with van der Waals surface area (Å²) >= 11 is 9.79. The van der Waals surface area contributed by atoms with E-state index in [0.717, 1.165) is 10.0 Å². The van der Waals surface area contributed by atoms with Crippen molar-refractivity contribution in [1.82, 2.24) is 4.98 Å². The molecular formula is C14H13BrClNO3. The zero-order valence-corrected chi connectivity index (χ0v) is 13.6. The van der Waals surface area contributed by atoms with Crippen LogP contribution >= 0.6 is 27.5 Å². The van der Waals surface area contributed by atoms with Gasteiger partial charge in [0.05, 0.1) is 29.6 Å². The molecular weight excluding hydrogens is 346 g/mol. The molecule has 0 N–H and O–H groups in total. The third-order valence-electron chi connectivity index (χ3n) is 2.81. The third-order valence-corrected chi connectivity index (χ3v) is 3.90. The van der Waals surface area contributed by atoms with Gasteiger partial charge in [-0.05, 0) is 41.4 Å². The second kappa shape index (κ2) is 5.97. The van der Waals surface area contributed by atoms with Crippen LogP contribution in [0.5, 0.6) is 5.75 Å². The molecule has 0 radical (unpaired) electrons. The lowest BCUT2D eigenvalue weighted by Crippen LogP contribution is -2.06. The van der Waals surface area contributed by atoms with Gasteiger partial charge in [-0.15, -0.1) is 0 Å². The number of pyridine rings is 1. The van der Waals surface area contributed by atoms with Crippen LogP contribution in [0.1, 0.15) is 23.0 Å². The number of aryl methyl sites for hydroxylation is 1. The molecule has 0 fully saturated rings. The predicted octanol–water partition coefficient (Wildman–Crippen LogP) is 4.14. The number of ether oxygens (including phenoxy) is 2. The minimum absolute atomic E-state index is 0.184. The molecule has 6 heteroatoms. The molecule has 1 heterocycles. The van der Waals surface area contributed by atoms with Crippen molar-refractivity contribution in [1.29, 1.82) is 0 Å². The summed E-state index contributed by atoms with van der Waals surface area (Å²) in [6.07, 6.45) is 0. The van der Waals surface area contributed by atoms with Crippen molar-refractivity contribution in [3.8, 4) is 5.75 Å². The summed E-state index contributed by atoms with van der Waals surface area (Å²) in [5.74, 6) is 0.00347. The lowest BCUT2D eigenvalue weighted by atomic mass is 10.1. The van der Waals surface area contributed by atoms with Gasteiger partial charge in [0, 0.05) is 10.5 Å². The van der Waals surface area contributed by atoms with Gasteiger partial charge in [0.2, 0.25) is 0 Å². The number of aromatic nitrogens is 1. The lowest BCUT2D eigenvalue weighted by molar-refractivity contribution is 0.0594. The first-order valence-corrected chi connectivity index (χ1v) is 7.17. The molecule has 1 aromatic heterocycles. The van der Waals surface area contributed by atoms with Gasteiger partial charge < -0.3 is 9.47 Å². The average Bonchev–Trinajstić information content (AvgIpc) is 2.43. The number of fused-ring (bicyclic) bond motifs is 1. The topological polar surface area (TPSA) is 48.4 Å². The second-order valence-corrected chi connectivity index (χ2v) is 5.38. The van der Waals surface area contributed by atoms with Crippen molar-refractivity contribution >= 4 is 44.4 Å². The molecule has 4 nitrogen and oxygen atoms in total. The van der Waals surface area contributed by atoms with Crippen molar-refractivity contribution in [2.75, 3.05) is 13.7 Å². The normalized spacial score (nSPS) is 10.7. The third kappa shape index (κ3) is 2.60. The first kappa shape index (κ1) is 15.1. The van der Waals surface area contributed by atoms with Gasteiger partial charge in [-0.2, -0.15) is 0 Å². The zero-order chi connectivity index (χ0) is 14.9. The number of hydrogen-bond acceptors (Lipinski definition) is 4. The summed E-state index contributed by atoms with van der Waals surface area (Å²) in [7, 11) is 1.31. The van der Waals surface area contributed by atoms with Gasteiger partial charge in [-0.3, -0.25) is 0 Å². The number of carbonyl (C=O) groups is 1. The molecule has 20 heavy (non-hydrogen) atoms. The molecule has 2 rings (SSSR count). The van der Waals surface area contributed by atoms with Gasteiger partial charge in [0.25, 0.3) is 0 Å². The van der Waals surface area contributed by atoms with Crippen LogP contribution in [0.4, 0.5) is 0 Å². The van der Waals surface area contributed by atoms with Crippen LogP contribution in [-0.4, -0.2) is 24.7 Å². The maximum atomic E-state index is 11.7. The predicted molar refractivity (Wildman–Crippen MR) is 81.7 cm³/mol. The first-order chi connectivity index (χ1) is 9.49. The van der Waals surface area contributed by atoms with Crippen molar-refractivity contribution < 1.29 is 14.3 Å². The summed E-state index contributed by atoms with van der Waals surface area (Å²) in [5, 5.41) is 1.25. The highest BCUT2D eigenvalue weighted by atomic mass is 79.9. The Kier molecular flexibility index (Phi) is 4.50. The summed E-state index contributed by atoms with van der Waals surface area (Å²) < 4.78 is 11.1. The standard InChI is InChI=1S/C14H13BrClNO3/c1-4-20-10-6-9(14(18)19-3)17-13-8(15)5-7(2)12(16)11(10)13/h5-6H,4H2,1-3H3. The molecule has 0 saturated carbocycles. The minimum Gasteiger partial charge on any atom is -0.493 e. The van der Waals surface area contributed by atoms with Gasteiger partial charge in [-0.25, -0.2) is 9.78 Å². The van der Waals surface area contributed by atoms with E-state index in [0.29, 0.717) is 28.3 Å². The number of nitrogens with zero attached hydrogens (tertiary/aromatic N) is 1.